The molecule has 0 bridgehead atoms. The molecule has 3 aliphatic carbocycles. The highest BCUT2D eigenvalue weighted by Crippen LogP contribution is 2.51. The molecule has 2 saturated carbocycles. The van der Waals surface area contributed by atoms with Crippen LogP contribution in [0.2, 0.25) is 0 Å². The fourth-order valence-electron chi connectivity index (χ4n) is 4.66. The first-order chi connectivity index (χ1) is 13.0. The van der Waals surface area contributed by atoms with Crippen LogP contribution >= 0.6 is 0 Å². The number of esters is 1. The molecule has 0 aromatic heterocycles. The van der Waals surface area contributed by atoms with Crippen LogP contribution in [0.1, 0.15) is 57.9 Å². The molecule has 0 spiro atoms. The first-order valence-electron chi connectivity index (χ1n) is 10.2. The number of allylic oxidation sites excluding steroid dienone is 3. The van der Waals surface area contributed by atoms with E-state index >= 15 is 0 Å². The summed E-state index contributed by atoms with van der Waals surface area (Å²) in [7, 11) is 1.48. The lowest BCUT2D eigenvalue weighted by molar-refractivity contribution is -0.143. The van der Waals surface area contributed by atoms with Crippen molar-refractivity contribution >= 4 is 11.5 Å². The van der Waals surface area contributed by atoms with Gasteiger partial charge < -0.3 is 9.47 Å². The maximum atomic E-state index is 12.2. The van der Waals surface area contributed by atoms with Crippen molar-refractivity contribution in [3.63, 3.8) is 0 Å². The minimum Gasteiger partial charge on any atom is -0.490 e. The third kappa shape index (κ3) is 3.83. The molecule has 0 N–H and O–H groups in total. The third-order valence-corrected chi connectivity index (χ3v) is 6.38. The van der Waals surface area contributed by atoms with E-state index in [0.717, 1.165) is 18.6 Å². The number of carbonyl (C=O) groups excluding carboxylic acids is 1. The van der Waals surface area contributed by atoms with Gasteiger partial charge in [0, 0.05) is 0 Å². The van der Waals surface area contributed by atoms with Gasteiger partial charge in [0.15, 0.2) is 0 Å². The standard InChI is InChI=1S/C24H30O3/c1-24(2)13-5-8-22(24)21-15-17(23(25)26-3)9-12-20(21)16-6-4-7-19(14-16)27-18-10-11-18/h4,6-7,12,14-15,17-18,22H,5,8-11,13H2,1-3H3/t17?,22-/m1/s1. The third-order valence-electron chi connectivity index (χ3n) is 6.38. The summed E-state index contributed by atoms with van der Waals surface area (Å²) in [5, 5.41) is 0. The maximum Gasteiger partial charge on any atom is 0.312 e. The molecule has 0 heterocycles. The molecule has 144 valence electrons. The number of ether oxygens (including phenoxy) is 2. The minimum atomic E-state index is -0.170. The summed E-state index contributed by atoms with van der Waals surface area (Å²) in [4.78, 5) is 12.2. The molecule has 2 atom stereocenters. The van der Waals surface area contributed by atoms with Gasteiger partial charge in [-0.2, -0.15) is 0 Å². The summed E-state index contributed by atoms with van der Waals surface area (Å²) in [5.74, 6) is 1.13. The monoisotopic (exact) mass is 366 g/mol. The zero-order valence-electron chi connectivity index (χ0n) is 16.7. The van der Waals surface area contributed by atoms with Crippen molar-refractivity contribution in [2.75, 3.05) is 7.11 Å². The molecule has 27 heavy (non-hydrogen) atoms. The Morgan fingerprint density at radius 1 is 1.19 bits per heavy atom. The van der Waals surface area contributed by atoms with Crippen LogP contribution in [0.15, 0.2) is 42.0 Å². The van der Waals surface area contributed by atoms with E-state index in [9.17, 15) is 4.79 Å². The lowest BCUT2D eigenvalue weighted by Gasteiger charge is -2.33. The van der Waals surface area contributed by atoms with Gasteiger partial charge in [-0.05, 0) is 72.3 Å². The molecule has 4 rings (SSSR count). The zero-order chi connectivity index (χ0) is 19.0. The van der Waals surface area contributed by atoms with Gasteiger partial charge in [0.25, 0.3) is 0 Å². The van der Waals surface area contributed by atoms with Crippen molar-refractivity contribution in [2.24, 2.45) is 17.3 Å². The molecular formula is C24H30O3. The summed E-state index contributed by atoms with van der Waals surface area (Å²) >= 11 is 0. The van der Waals surface area contributed by atoms with Crippen molar-refractivity contribution in [1.82, 2.24) is 0 Å². The average Bonchev–Trinajstić information content (AvgIpc) is 3.41. The normalized spacial score (nSPS) is 26.9. The van der Waals surface area contributed by atoms with Crippen LogP contribution < -0.4 is 4.74 Å². The number of hydrogen-bond donors (Lipinski definition) is 0. The second kappa shape index (κ2) is 7.18. The topological polar surface area (TPSA) is 35.5 Å². The fourth-order valence-corrected chi connectivity index (χ4v) is 4.66. The smallest absolute Gasteiger partial charge is 0.312 e. The van der Waals surface area contributed by atoms with Crippen molar-refractivity contribution in [3.05, 3.63) is 47.6 Å². The van der Waals surface area contributed by atoms with Crippen LogP contribution in [-0.4, -0.2) is 19.2 Å². The van der Waals surface area contributed by atoms with Crippen molar-refractivity contribution < 1.29 is 14.3 Å². The van der Waals surface area contributed by atoms with Gasteiger partial charge in [-0.25, -0.2) is 0 Å². The Bertz CT molecular complexity index is 783. The summed E-state index contributed by atoms with van der Waals surface area (Å²) < 4.78 is 11.0. The van der Waals surface area contributed by atoms with Crippen molar-refractivity contribution in [3.8, 4) is 5.75 Å². The quantitative estimate of drug-likeness (QED) is 0.640. The van der Waals surface area contributed by atoms with E-state index in [1.54, 1.807) is 0 Å². The van der Waals surface area contributed by atoms with Gasteiger partial charge >= 0.3 is 5.97 Å². The Kier molecular flexibility index (Phi) is 4.88. The highest BCUT2D eigenvalue weighted by Gasteiger charge is 2.39. The summed E-state index contributed by atoms with van der Waals surface area (Å²) in [6, 6.07) is 8.46. The van der Waals surface area contributed by atoms with Gasteiger partial charge in [-0.15, -0.1) is 0 Å². The Morgan fingerprint density at radius 2 is 2.00 bits per heavy atom. The molecular weight excluding hydrogens is 336 g/mol. The number of carbonyl (C=O) groups is 1. The Labute approximate surface area is 162 Å². The molecule has 1 aromatic rings. The van der Waals surface area contributed by atoms with E-state index < -0.39 is 0 Å². The molecule has 1 aromatic carbocycles. The fraction of sp³-hybridized carbons (Fsp3) is 0.542. The first-order valence-corrected chi connectivity index (χ1v) is 10.2. The molecule has 0 radical (unpaired) electrons. The Hall–Kier alpha value is -2.03. The average molecular weight is 367 g/mol. The molecule has 3 heteroatoms. The van der Waals surface area contributed by atoms with E-state index in [1.165, 1.54) is 43.1 Å². The summed E-state index contributed by atoms with van der Waals surface area (Å²) in [6.07, 6.45) is 11.5. The van der Waals surface area contributed by atoms with E-state index in [2.05, 4.69) is 44.2 Å². The lowest BCUT2D eigenvalue weighted by atomic mass is 9.71. The van der Waals surface area contributed by atoms with E-state index in [0.29, 0.717) is 18.4 Å². The van der Waals surface area contributed by atoms with E-state index in [1.807, 2.05) is 6.07 Å². The number of methoxy groups -OCH3 is 1. The highest BCUT2D eigenvalue weighted by molar-refractivity contribution is 5.85. The van der Waals surface area contributed by atoms with Crippen LogP contribution in [-0.2, 0) is 9.53 Å². The molecule has 2 fully saturated rings. The van der Waals surface area contributed by atoms with Gasteiger partial charge in [-0.3, -0.25) is 4.79 Å². The number of hydrogen-bond acceptors (Lipinski definition) is 3. The van der Waals surface area contributed by atoms with Gasteiger partial charge in [-0.1, -0.05) is 44.6 Å². The minimum absolute atomic E-state index is 0.135. The SMILES string of the molecule is COC(=O)C1C=C([C@H]2CCCC2(C)C)C(c2cccc(OC3CC3)c2)=CC1. The van der Waals surface area contributed by atoms with Gasteiger partial charge in [0.2, 0.25) is 0 Å². The van der Waals surface area contributed by atoms with Crippen LogP contribution in [0.5, 0.6) is 5.75 Å². The second-order valence-corrected chi connectivity index (χ2v) is 8.88. The van der Waals surface area contributed by atoms with Crippen molar-refractivity contribution in [1.29, 1.82) is 0 Å². The zero-order valence-corrected chi connectivity index (χ0v) is 16.7. The molecule has 3 aliphatic rings. The van der Waals surface area contributed by atoms with Gasteiger partial charge in [0.05, 0.1) is 19.1 Å². The number of rotatable bonds is 5. The van der Waals surface area contributed by atoms with E-state index in [-0.39, 0.29) is 17.3 Å². The molecule has 0 saturated heterocycles. The van der Waals surface area contributed by atoms with Crippen LogP contribution in [0.25, 0.3) is 5.57 Å². The Morgan fingerprint density at radius 3 is 2.67 bits per heavy atom. The predicted molar refractivity (Wildman–Crippen MR) is 107 cm³/mol. The predicted octanol–water partition coefficient (Wildman–Crippen LogP) is 5.56. The maximum absolute atomic E-state index is 12.2. The van der Waals surface area contributed by atoms with Crippen LogP contribution in [0.3, 0.4) is 0 Å². The molecule has 1 unspecified atom stereocenters. The van der Waals surface area contributed by atoms with Crippen molar-refractivity contribution in [2.45, 2.75) is 58.5 Å². The summed E-state index contributed by atoms with van der Waals surface area (Å²) in [6.45, 7) is 4.72. The Balaban J connectivity index is 1.68. The summed E-state index contributed by atoms with van der Waals surface area (Å²) in [5.41, 5.74) is 4.05. The molecule has 0 aliphatic heterocycles. The van der Waals surface area contributed by atoms with Gasteiger partial charge in [0.1, 0.15) is 5.75 Å². The van der Waals surface area contributed by atoms with Crippen LogP contribution in [0.4, 0.5) is 0 Å². The molecule has 0 amide bonds. The molecule has 3 nitrogen and oxygen atoms in total. The highest BCUT2D eigenvalue weighted by atomic mass is 16.5. The second-order valence-electron chi connectivity index (χ2n) is 8.88. The first kappa shape index (κ1) is 18.3. The largest absolute Gasteiger partial charge is 0.490 e. The van der Waals surface area contributed by atoms with Crippen LogP contribution in [0, 0.1) is 17.3 Å². The lowest BCUT2D eigenvalue weighted by Crippen LogP contribution is -2.24. The number of benzene rings is 1. The van der Waals surface area contributed by atoms with E-state index in [4.69, 9.17) is 9.47 Å².